The first kappa shape index (κ1) is 16.4. The molecule has 0 spiro atoms. The van der Waals surface area contributed by atoms with E-state index in [2.05, 4.69) is 10.5 Å². The number of aromatic nitrogens is 2. The zero-order valence-corrected chi connectivity index (χ0v) is 15.6. The molecule has 28 heavy (non-hydrogen) atoms. The lowest BCUT2D eigenvalue weighted by Gasteiger charge is -2.27. The predicted octanol–water partition coefficient (Wildman–Crippen LogP) is 3.12. The molecule has 0 saturated heterocycles. The Morgan fingerprint density at radius 3 is 2.86 bits per heavy atom. The molecule has 3 saturated carbocycles. The second-order valence-electron chi connectivity index (χ2n) is 8.60. The number of rotatable bonds is 5. The summed E-state index contributed by atoms with van der Waals surface area (Å²) < 4.78 is 16.5. The van der Waals surface area contributed by atoms with E-state index < -0.39 is 0 Å². The topological polar surface area (TPSA) is 86.5 Å². The van der Waals surface area contributed by atoms with Crippen LogP contribution in [0.15, 0.2) is 22.7 Å². The molecule has 4 aliphatic rings. The molecule has 1 aliphatic heterocycles. The van der Waals surface area contributed by atoms with Crippen molar-refractivity contribution in [2.45, 2.75) is 38.0 Å². The molecule has 0 unspecified atom stereocenters. The first-order chi connectivity index (χ1) is 13.8. The Balaban J connectivity index is 1.26. The van der Waals surface area contributed by atoms with Crippen LogP contribution in [0.2, 0.25) is 0 Å². The van der Waals surface area contributed by atoms with E-state index in [1.807, 2.05) is 18.2 Å². The number of fused-ring (bicyclic) bond motifs is 3. The van der Waals surface area contributed by atoms with Crippen LogP contribution in [0.4, 0.5) is 0 Å². The van der Waals surface area contributed by atoms with Crippen LogP contribution < -0.4 is 14.8 Å². The maximum Gasteiger partial charge on any atom is 0.231 e. The number of nitrogens with one attached hydrogen (secondary N) is 1. The van der Waals surface area contributed by atoms with E-state index in [-0.39, 0.29) is 24.5 Å². The van der Waals surface area contributed by atoms with E-state index in [0.717, 1.165) is 37.1 Å². The lowest BCUT2D eigenvalue weighted by molar-refractivity contribution is -0.127. The van der Waals surface area contributed by atoms with Crippen molar-refractivity contribution < 1.29 is 18.8 Å². The van der Waals surface area contributed by atoms with Crippen LogP contribution in [0.5, 0.6) is 11.5 Å². The van der Waals surface area contributed by atoms with Crippen LogP contribution in [0.3, 0.4) is 0 Å². The third kappa shape index (κ3) is 2.67. The second-order valence-corrected chi connectivity index (χ2v) is 8.60. The normalized spacial score (nSPS) is 30.0. The van der Waals surface area contributed by atoms with Gasteiger partial charge in [0.25, 0.3) is 0 Å². The number of benzene rings is 1. The third-order valence-electron chi connectivity index (χ3n) is 6.84. The summed E-state index contributed by atoms with van der Waals surface area (Å²) in [7, 11) is 0. The summed E-state index contributed by atoms with van der Waals surface area (Å²) in [5.41, 5.74) is 0.831. The number of carbonyl (C=O) groups excluding carboxylic acids is 1. The molecule has 7 heteroatoms. The van der Waals surface area contributed by atoms with Gasteiger partial charge in [-0.1, -0.05) is 5.16 Å². The van der Waals surface area contributed by atoms with Crippen LogP contribution in [-0.2, 0) is 4.79 Å². The van der Waals surface area contributed by atoms with Gasteiger partial charge in [-0.25, -0.2) is 0 Å². The van der Waals surface area contributed by atoms with Gasteiger partial charge in [-0.3, -0.25) is 4.79 Å². The lowest BCUT2D eigenvalue weighted by atomic mass is 9.78. The Kier molecular flexibility index (Phi) is 3.64. The van der Waals surface area contributed by atoms with E-state index in [0.29, 0.717) is 35.2 Å². The van der Waals surface area contributed by atoms with E-state index >= 15 is 0 Å². The van der Waals surface area contributed by atoms with Gasteiger partial charge in [-0.15, -0.1) is 0 Å². The fourth-order valence-corrected chi connectivity index (χ4v) is 5.23. The number of hydrogen-bond acceptors (Lipinski definition) is 6. The predicted molar refractivity (Wildman–Crippen MR) is 98.7 cm³/mol. The van der Waals surface area contributed by atoms with Crippen molar-refractivity contribution in [3.8, 4) is 22.9 Å². The van der Waals surface area contributed by atoms with Gasteiger partial charge in [0.05, 0.1) is 11.8 Å². The van der Waals surface area contributed by atoms with Crippen LogP contribution in [-0.4, -0.2) is 29.4 Å². The molecule has 2 bridgehead atoms. The molecule has 1 amide bonds. The van der Waals surface area contributed by atoms with Gasteiger partial charge >= 0.3 is 0 Å². The molecule has 3 aliphatic carbocycles. The Hall–Kier alpha value is -2.57. The van der Waals surface area contributed by atoms with Gasteiger partial charge in [0.15, 0.2) is 11.5 Å². The average Bonchev–Trinajstić information content (AvgIpc) is 3.16. The highest BCUT2D eigenvalue weighted by molar-refractivity contribution is 5.80. The Morgan fingerprint density at radius 2 is 1.96 bits per heavy atom. The van der Waals surface area contributed by atoms with Gasteiger partial charge in [0.2, 0.25) is 24.4 Å². The fraction of sp³-hybridized carbons (Fsp3) is 0.571. The summed E-state index contributed by atoms with van der Waals surface area (Å²) in [5, 5.41) is 7.38. The summed E-state index contributed by atoms with van der Waals surface area (Å²) in [5.74, 6) is 4.32. The van der Waals surface area contributed by atoms with Gasteiger partial charge in [-0.2, -0.15) is 4.98 Å². The van der Waals surface area contributed by atoms with Crippen molar-refractivity contribution in [2.24, 2.45) is 23.7 Å². The Labute approximate surface area is 162 Å². The molecule has 4 atom stereocenters. The molecular formula is C21H23N3O4. The molecule has 1 aromatic heterocycles. The monoisotopic (exact) mass is 381 g/mol. The number of carbonyl (C=O) groups is 1. The highest BCUT2D eigenvalue weighted by atomic mass is 16.7. The number of amides is 1. The summed E-state index contributed by atoms with van der Waals surface area (Å²) in [4.78, 5) is 17.6. The van der Waals surface area contributed by atoms with E-state index in [4.69, 9.17) is 19.0 Å². The van der Waals surface area contributed by atoms with Gasteiger partial charge in [-0.05, 0) is 68.1 Å². The molecule has 3 fully saturated rings. The molecule has 1 N–H and O–H groups in total. The van der Waals surface area contributed by atoms with Crippen LogP contribution in [0, 0.1) is 23.7 Å². The van der Waals surface area contributed by atoms with Gasteiger partial charge in [0.1, 0.15) is 0 Å². The largest absolute Gasteiger partial charge is 0.454 e. The van der Waals surface area contributed by atoms with E-state index in [1.165, 1.54) is 12.8 Å². The van der Waals surface area contributed by atoms with Crippen molar-refractivity contribution >= 4 is 5.91 Å². The maximum atomic E-state index is 12.9. The van der Waals surface area contributed by atoms with Crippen LogP contribution in [0.25, 0.3) is 11.4 Å². The van der Waals surface area contributed by atoms with Crippen molar-refractivity contribution in [3.05, 3.63) is 24.1 Å². The third-order valence-corrected chi connectivity index (χ3v) is 6.84. The smallest absolute Gasteiger partial charge is 0.231 e. The Morgan fingerprint density at radius 1 is 1.11 bits per heavy atom. The molecule has 6 rings (SSSR count). The number of ether oxygens (including phenoxy) is 2. The SMILES string of the molecule is O=C(NCC1CC1)[C@H]1[C@H]2CC[C@H](C2)[C@@H]1c1nc(-c2ccc3c(c2)OCO3)no1. The molecule has 2 heterocycles. The summed E-state index contributed by atoms with van der Waals surface area (Å²) in [6, 6.07) is 5.64. The molecular weight excluding hydrogens is 358 g/mol. The minimum atomic E-state index is -0.0393. The standard InChI is InChI=1S/C21H23N3O4/c25-20(22-9-11-1-2-11)17-12-3-4-13(7-12)18(17)21-23-19(24-28-21)14-5-6-15-16(8-14)27-10-26-15/h5-6,8,11-13,17-18H,1-4,7,9-10H2,(H,22,25)/t12-,13+,17-,18-/m0/s1. The first-order valence-electron chi connectivity index (χ1n) is 10.3. The fourth-order valence-electron chi connectivity index (χ4n) is 5.23. The quantitative estimate of drug-likeness (QED) is 0.856. The minimum absolute atomic E-state index is 0.0354. The first-order valence-corrected chi connectivity index (χ1v) is 10.3. The lowest BCUT2D eigenvalue weighted by Crippen LogP contribution is -2.38. The Bertz CT molecular complexity index is 922. The zero-order chi connectivity index (χ0) is 18.7. The molecule has 7 nitrogen and oxygen atoms in total. The average molecular weight is 381 g/mol. The van der Waals surface area contributed by atoms with Crippen LogP contribution >= 0.6 is 0 Å². The highest BCUT2D eigenvalue weighted by Crippen LogP contribution is 2.56. The molecule has 146 valence electrons. The summed E-state index contributed by atoms with van der Waals surface area (Å²) >= 11 is 0. The molecule has 2 aromatic rings. The van der Waals surface area contributed by atoms with Crippen molar-refractivity contribution in [3.63, 3.8) is 0 Å². The maximum absolute atomic E-state index is 12.9. The summed E-state index contributed by atoms with van der Waals surface area (Å²) in [6.07, 6.45) is 5.84. The van der Waals surface area contributed by atoms with Crippen molar-refractivity contribution in [2.75, 3.05) is 13.3 Å². The minimum Gasteiger partial charge on any atom is -0.454 e. The van der Waals surface area contributed by atoms with E-state index in [9.17, 15) is 4.79 Å². The molecule has 1 aromatic carbocycles. The molecule has 0 radical (unpaired) electrons. The second kappa shape index (κ2) is 6.22. The van der Waals surface area contributed by atoms with Gasteiger partial charge in [0, 0.05) is 12.1 Å². The van der Waals surface area contributed by atoms with E-state index in [1.54, 1.807) is 0 Å². The number of nitrogens with zero attached hydrogens (tertiary/aromatic N) is 2. The van der Waals surface area contributed by atoms with Crippen molar-refractivity contribution in [1.29, 1.82) is 0 Å². The highest BCUT2D eigenvalue weighted by Gasteiger charge is 2.53. The summed E-state index contributed by atoms with van der Waals surface area (Å²) in [6.45, 7) is 1.05. The zero-order valence-electron chi connectivity index (χ0n) is 15.6. The number of hydrogen-bond donors (Lipinski definition) is 1. The van der Waals surface area contributed by atoms with Crippen LogP contribution in [0.1, 0.15) is 43.9 Å². The van der Waals surface area contributed by atoms with Gasteiger partial charge < -0.3 is 19.3 Å². The van der Waals surface area contributed by atoms with Crippen molar-refractivity contribution in [1.82, 2.24) is 15.5 Å².